The number of hydrogen-bond donors (Lipinski definition) is 0. The van der Waals surface area contributed by atoms with Crippen LogP contribution in [0, 0.1) is 10.1 Å². The fourth-order valence-corrected chi connectivity index (χ4v) is 2.28. The minimum absolute atomic E-state index is 0. The van der Waals surface area contributed by atoms with Crippen LogP contribution in [0.2, 0.25) is 0 Å². The molecule has 0 radical (unpaired) electrons. The van der Waals surface area contributed by atoms with E-state index < -0.39 is 10.7 Å². The predicted octanol–water partition coefficient (Wildman–Crippen LogP) is -0.401. The molecule has 0 heterocycles. The molecule has 0 fully saturated rings. The van der Waals surface area contributed by atoms with Crippen molar-refractivity contribution in [1.29, 1.82) is 0 Å². The van der Waals surface area contributed by atoms with Crippen LogP contribution in [-0.4, -0.2) is 16.5 Å². The number of benzene rings is 2. The van der Waals surface area contributed by atoms with Gasteiger partial charge in [0.05, 0.1) is 4.92 Å². The number of carbonyl (C=O) groups is 2. The number of rotatable bonds is 1. The normalized spacial score (nSPS) is 12.2. The summed E-state index contributed by atoms with van der Waals surface area (Å²) in [6.07, 6.45) is 0. The Morgan fingerprint density at radius 1 is 0.900 bits per heavy atom. The molecule has 20 heavy (non-hydrogen) atoms. The van der Waals surface area contributed by atoms with Gasteiger partial charge in [-0.1, -0.05) is 30.3 Å². The van der Waals surface area contributed by atoms with Crippen LogP contribution in [-0.2, 0) is 0 Å². The molecule has 0 saturated heterocycles. The van der Waals surface area contributed by atoms with Crippen LogP contribution in [0.25, 0.3) is 0 Å². The third-order valence-electron chi connectivity index (χ3n) is 3.13. The van der Waals surface area contributed by atoms with E-state index >= 15 is 0 Å². The van der Waals surface area contributed by atoms with Crippen molar-refractivity contribution in [3.05, 3.63) is 74.8 Å². The third-order valence-corrected chi connectivity index (χ3v) is 3.13. The molecule has 2 aromatic rings. The summed E-state index contributed by atoms with van der Waals surface area (Å²) in [5.74, 6) is -0.827. The molecule has 5 nitrogen and oxygen atoms in total. The first-order valence-corrected chi connectivity index (χ1v) is 5.57. The van der Waals surface area contributed by atoms with Crippen LogP contribution in [0.15, 0.2) is 42.5 Å². The van der Waals surface area contributed by atoms with E-state index in [1.165, 1.54) is 24.3 Å². The van der Waals surface area contributed by atoms with Crippen molar-refractivity contribution in [2.75, 3.05) is 0 Å². The van der Waals surface area contributed by atoms with Crippen LogP contribution >= 0.6 is 0 Å². The van der Waals surface area contributed by atoms with Crippen molar-refractivity contribution in [2.45, 2.75) is 0 Å². The number of hydrogen-bond acceptors (Lipinski definition) is 4. The summed E-state index contributed by atoms with van der Waals surface area (Å²) >= 11 is 0. The molecule has 0 atom stereocenters. The fraction of sp³-hybridized carbons (Fsp3) is 0. The topological polar surface area (TPSA) is 77.3 Å². The minimum Gasteiger partial charge on any atom is -1.00 e. The molecule has 3 rings (SSSR count). The Balaban J connectivity index is 0.00000147. The molecule has 0 spiro atoms. The zero-order chi connectivity index (χ0) is 13.6. The van der Waals surface area contributed by atoms with Crippen LogP contribution < -0.4 is 29.6 Å². The maximum atomic E-state index is 12.3. The minimum atomic E-state index is -0.641. The van der Waals surface area contributed by atoms with Gasteiger partial charge >= 0.3 is 31.0 Å². The van der Waals surface area contributed by atoms with Crippen molar-refractivity contribution in [2.24, 2.45) is 0 Å². The molecule has 6 heteroatoms. The van der Waals surface area contributed by atoms with E-state index in [-0.39, 0.29) is 60.6 Å². The van der Waals surface area contributed by atoms with E-state index in [2.05, 4.69) is 0 Å². The first-order chi connectivity index (χ1) is 9.11. The Hall–Kier alpha value is -1.82. The fourth-order valence-electron chi connectivity index (χ4n) is 2.28. The number of nitrogens with zero attached hydrogens (tertiary/aromatic N) is 1. The van der Waals surface area contributed by atoms with Gasteiger partial charge in [0, 0.05) is 22.8 Å². The van der Waals surface area contributed by atoms with Gasteiger partial charge in [-0.3, -0.25) is 19.7 Å². The molecular formula is C14H9NNaO4+. The molecule has 0 saturated carbocycles. The molecule has 94 valence electrons. The summed E-state index contributed by atoms with van der Waals surface area (Å²) in [6.45, 7) is 0. The molecule has 2 aromatic carbocycles. The molecule has 0 unspecified atom stereocenters. The number of nitro groups is 1. The number of ketones is 2. The standard InChI is InChI=1S/C14H7NO4.Na.H/c16-13-8-4-1-2-5-9(8)14(17)12-10(13)6-3-7-11(12)15(18)19;;/h1-7H;;/q;+1;-1/p+1. The van der Waals surface area contributed by atoms with Gasteiger partial charge in [-0.15, -0.1) is 0 Å². The van der Waals surface area contributed by atoms with Gasteiger partial charge in [0.25, 0.3) is 5.69 Å². The van der Waals surface area contributed by atoms with E-state index in [4.69, 9.17) is 0 Å². The van der Waals surface area contributed by atoms with Crippen molar-refractivity contribution in [3.8, 4) is 0 Å². The second kappa shape index (κ2) is 5.28. The van der Waals surface area contributed by atoms with Crippen molar-refractivity contribution >= 4 is 17.3 Å². The van der Waals surface area contributed by atoms with Gasteiger partial charge in [0.1, 0.15) is 5.56 Å². The Morgan fingerprint density at radius 2 is 1.45 bits per heavy atom. The first-order valence-electron chi connectivity index (χ1n) is 5.57. The van der Waals surface area contributed by atoms with Crippen LogP contribution in [0.3, 0.4) is 0 Å². The average molecular weight is 278 g/mol. The monoisotopic (exact) mass is 278 g/mol. The third kappa shape index (κ3) is 2.00. The number of carbonyl (C=O) groups excluding carboxylic acids is 2. The summed E-state index contributed by atoms with van der Waals surface area (Å²) in [4.78, 5) is 34.9. The van der Waals surface area contributed by atoms with Crippen molar-refractivity contribution in [1.82, 2.24) is 0 Å². The summed E-state index contributed by atoms with van der Waals surface area (Å²) < 4.78 is 0. The number of nitro benzene ring substituents is 1. The van der Waals surface area contributed by atoms with Gasteiger partial charge in [-0.25, -0.2) is 0 Å². The van der Waals surface area contributed by atoms with Crippen molar-refractivity contribution in [3.63, 3.8) is 0 Å². The molecule has 1 aliphatic carbocycles. The summed E-state index contributed by atoms with van der Waals surface area (Å²) in [7, 11) is 0. The summed E-state index contributed by atoms with van der Waals surface area (Å²) in [5.41, 5.74) is 0.161. The maximum Gasteiger partial charge on any atom is 1.00 e. The molecular weight excluding hydrogens is 269 g/mol. The van der Waals surface area contributed by atoms with Crippen molar-refractivity contribution < 1.29 is 46.9 Å². The Morgan fingerprint density at radius 3 is 2.05 bits per heavy atom. The Bertz CT molecular complexity index is 764. The van der Waals surface area contributed by atoms with Crippen LogP contribution in [0.5, 0.6) is 0 Å². The Kier molecular flexibility index (Phi) is 3.85. The van der Waals surface area contributed by atoms with E-state index in [9.17, 15) is 19.7 Å². The molecule has 0 N–H and O–H groups in total. The predicted molar refractivity (Wildman–Crippen MR) is 68.6 cm³/mol. The zero-order valence-electron chi connectivity index (χ0n) is 12.6. The molecule has 0 aromatic heterocycles. The van der Waals surface area contributed by atoms with E-state index in [0.717, 1.165) is 0 Å². The van der Waals surface area contributed by atoms with Gasteiger partial charge in [-0.2, -0.15) is 0 Å². The van der Waals surface area contributed by atoms with Gasteiger partial charge < -0.3 is 1.43 Å². The molecule has 0 bridgehead atoms. The largest absolute Gasteiger partial charge is 1.00 e. The second-order valence-electron chi connectivity index (χ2n) is 4.16. The zero-order valence-corrected chi connectivity index (χ0v) is 12.6. The van der Waals surface area contributed by atoms with Crippen LogP contribution in [0.1, 0.15) is 34.7 Å². The average Bonchev–Trinajstić information content (AvgIpc) is 2.44. The number of fused-ring (bicyclic) bond motifs is 2. The quantitative estimate of drug-likeness (QED) is 0.345. The summed E-state index contributed by atoms with van der Waals surface area (Å²) in [5, 5.41) is 11.0. The maximum absolute atomic E-state index is 12.3. The summed E-state index contributed by atoms with van der Waals surface area (Å²) in [6, 6.07) is 10.4. The molecule has 1 aliphatic rings. The van der Waals surface area contributed by atoms with Gasteiger partial charge in [0.15, 0.2) is 5.78 Å². The van der Waals surface area contributed by atoms with E-state index in [1.807, 2.05) is 0 Å². The van der Waals surface area contributed by atoms with Crippen LogP contribution in [0.4, 0.5) is 5.69 Å². The SMILES string of the molecule is O=C1c2ccccc2C(=O)c2c1cccc2[N+](=O)[O-].[H+].[H-].[Na+]. The second-order valence-corrected chi connectivity index (χ2v) is 4.16. The van der Waals surface area contributed by atoms with E-state index in [1.54, 1.807) is 18.2 Å². The van der Waals surface area contributed by atoms with Gasteiger partial charge in [-0.05, 0) is 6.07 Å². The molecule has 0 amide bonds. The van der Waals surface area contributed by atoms with Gasteiger partial charge in [0.2, 0.25) is 5.78 Å². The van der Waals surface area contributed by atoms with E-state index in [0.29, 0.717) is 5.56 Å². The first kappa shape index (κ1) is 14.6. The molecule has 0 aliphatic heterocycles. The Labute approximate surface area is 139 Å². The smallest absolute Gasteiger partial charge is 1.00 e.